The average molecular weight is 441 g/mol. The van der Waals surface area contributed by atoms with Crippen LogP contribution in [0.2, 0.25) is 0 Å². The van der Waals surface area contributed by atoms with Gasteiger partial charge in [0.25, 0.3) is 0 Å². The van der Waals surface area contributed by atoms with E-state index in [1.807, 2.05) is 38.3 Å². The summed E-state index contributed by atoms with van der Waals surface area (Å²) in [7, 11) is 0. The van der Waals surface area contributed by atoms with Crippen molar-refractivity contribution < 1.29 is 6.16 Å². The van der Waals surface area contributed by atoms with Crippen molar-refractivity contribution in [3.63, 3.8) is 0 Å². The van der Waals surface area contributed by atoms with Crippen molar-refractivity contribution in [2.75, 3.05) is 11.9 Å². The second kappa shape index (κ2) is 9.62. The number of fused-ring (bicyclic) bond motifs is 1. The van der Waals surface area contributed by atoms with Crippen LogP contribution in [0, 0.1) is 6.92 Å². The molecule has 1 saturated carbocycles. The Morgan fingerprint density at radius 2 is 2.16 bits per heavy atom. The molecule has 2 N–H and O–H groups in total. The molecule has 8 heteroatoms. The van der Waals surface area contributed by atoms with E-state index < -0.39 is 0 Å². The molecule has 0 aromatic carbocycles. The van der Waals surface area contributed by atoms with E-state index in [1.54, 1.807) is 6.08 Å². The molecule has 7 nitrogen and oxygen atoms in total. The quantitative estimate of drug-likeness (QED) is 0.448. The Morgan fingerprint density at radius 1 is 1.35 bits per heavy atom. The largest absolute Gasteiger partial charge is 0.473 e. The fourth-order valence-electron chi connectivity index (χ4n) is 4.06. The van der Waals surface area contributed by atoms with Gasteiger partial charge in [-0.2, -0.15) is 9.36 Å². The molecule has 166 valence electrons. The predicted molar refractivity (Wildman–Crippen MR) is 130 cm³/mol. The van der Waals surface area contributed by atoms with Gasteiger partial charge in [0.05, 0.1) is 11.2 Å². The number of hydrogen-bond acceptors (Lipinski definition) is 7. The Bertz CT molecular complexity index is 1080. The van der Waals surface area contributed by atoms with Crippen LogP contribution in [-0.2, 0) is 0 Å². The van der Waals surface area contributed by atoms with Crippen molar-refractivity contribution in [2.45, 2.75) is 58.6 Å². The van der Waals surface area contributed by atoms with Gasteiger partial charge in [-0.1, -0.05) is 19.6 Å². The van der Waals surface area contributed by atoms with Crippen molar-refractivity contribution in [1.29, 1.82) is 0 Å². The second-order valence-corrected chi connectivity index (χ2v) is 8.73. The van der Waals surface area contributed by atoms with E-state index >= 15 is 0 Å². The first-order chi connectivity index (χ1) is 15.1. The third-order valence-corrected chi connectivity index (χ3v) is 6.34. The van der Waals surface area contributed by atoms with Crippen molar-refractivity contribution in [2.24, 2.45) is 0 Å². The molecule has 1 aliphatic carbocycles. The van der Waals surface area contributed by atoms with Crippen LogP contribution >= 0.6 is 11.5 Å². The van der Waals surface area contributed by atoms with Gasteiger partial charge in [-0.15, -0.1) is 0 Å². The first-order valence-electron chi connectivity index (χ1n) is 10.9. The Kier molecular flexibility index (Phi) is 6.67. The van der Waals surface area contributed by atoms with E-state index in [0.29, 0.717) is 17.9 Å². The van der Waals surface area contributed by atoms with Crippen LogP contribution in [0.4, 0.5) is 10.9 Å². The van der Waals surface area contributed by atoms with Crippen LogP contribution in [0.3, 0.4) is 0 Å². The maximum Gasteiger partial charge on any atom is 0.244 e. The highest BCUT2D eigenvalue weighted by molar-refractivity contribution is 7.10. The third kappa shape index (κ3) is 4.97. The standard InChI is InChI=1S/C23H30N6OS.H2/c1-5-7-16(4)29-13-12-19-21(29)22(30-18-10-8-17(9-11-18)24-6-2)27-23(25-19)26-20-14-15(3)28-31-20;/h5,7,12-14,17-18,24H,1,6,8-11H2,2-4H3,(H,25,26,27);1H/b16-7+;. The first kappa shape index (κ1) is 21.5. The smallest absolute Gasteiger partial charge is 0.244 e. The minimum absolute atomic E-state index is 0. The Labute approximate surface area is 188 Å². The van der Waals surface area contributed by atoms with Gasteiger partial charge in [0.2, 0.25) is 11.8 Å². The Hall–Kier alpha value is -2.71. The number of aryl methyl sites for hydroxylation is 1. The lowest BCUT2D eigenvalue weighted by Crippen LogP contribution is -2.36. The fourth-order valence-corrected chi connectivity index (χ4v) is 4.72. The number of allylic oxidation sites excluding steroid dienone is 3. The average Bonchev–Trinajstić information content (AvgIpc) is 3.36. The van der Waals surface area contributed by atoms with E-state index in [0.717, 1.165) is 59.7 Å². The summed E-state index contributed by atoms with van der Waals surface area (Å²) in [6.45, 7) is 11.0. The van der Waals surface area contributed by atoms with Gasteiger partial charge in [0.1, 0.15) is 16.6 Å². The molecule has 0 radical (unpaired) electrons. The fraction of sp³-hybridized carbons (Fsp3) is 0.435. The summed E-state index contributed by atoms with van der Waals surface area (Å²) in [4.78, 5) is 9.50. The van der Waals surface area contributed by atoms with Crippen LogP contribution in [0.1, 0.15) is 46.7 Å². The first-order valence-corrected chi connectivity index (χ1v) is 11.6. The highest BCUT2D eigenvalue weighted by atomic mass is 32.1. The van der Waals surface area contributed by atoms with Crippen molar-refractivity contribution >= 4 is 39.2 Å². The highest BCUT2D eigenvalue weighted by Crippen LogP contribution is 2.32. The van der Waals surface area contributed by atoms with E-state index in [2.05, 4.69) is 33.1 Å². The maximum atomic E-state index is 6.50. The normalized spacial score (nSPS) is 19.5. The lowest BCUT2D eigenvalue weighted by atomic mass is 9.93. The van der Waals surface area contributed by atoms with Crippen LogP contribution in [0.15, 0.2) is 37.1 Å². The molecular weight excluding hydrogens is 408 g/mol. The Balaban J connectivity index is 0.00000289. The van der Waals surface area contributed by atoms with E-state index in [9.17, 15) is 0 Å². The van der Waals surface area contributed by atoms with Gasteiger partial charge >= 0.3 is 0 Å². The summed E-state index contributed by atoms with van der Waals surface area (Å²) >= 11 is 1.40. The number of hydrogen-bond donors (Lipinski definition) is 2. The SMILES string of the molecule is C=C/C=C(\C)n1ccc2nc(Nc3cc(C)ns3)nc(OC3CCC(NCC)CC3)c21.[HH]. The maximum absolute atomic E-state index is 6.50. The summed E-state index contributed by atoms with van der Waals surface area (Å²) in [5.41, 5.74) is 3.73. The van der Waals surface area contributed by atoms with Gasteiger partial charge in [-0.3, -0.25) is 0 Å². The molecule has 4 rings (SSSR count). The van der Waals surface area contributed by atoms with Gasteiger partial charge in [0.15, 0.2) is 0 Å². The summed E-state index contributed by atoms with van der Waals surface area (Å²) in [6, 6.07) is 4.57. The monoisotopic (exact) mass is 440 g/mol. The predicted octanol–water partition coefficient (Wildman–Crippen LogP) is 5.53. The molecule has 31 heavy (non-hydrogen) atoms. The number of nitrogens with one attached hydrogen (secondary N) is 2. The summed E-state index contributed by atoms with van der Waals surface area (Å²) < 4.78 is 12.9. The van der Waals surface area contributed by atoms with Crippen LogP contribution in [-0.4, -0.2) is 37.6 Å². The molecule has 0 amide bonds. The van der Waals surface area contributed by atoms with Crippen molar-refractivity contribution in [3.8, 4) is 5.88 Å². The molecular formula is C23H32N6OS. The number of ether oxygens (including phenoxy) is 1. The molecule has 3 aromatic heterocycles. The number of anilines is 2. The summed E-state index contributed by atoms with van der Waals surface area (Å²) in [5.74, 6) is 1.14. The lowest BCUT2D eigenvalue weighted by Gasteiger charge is -2.29. The van der Waals surface area contributed by atoms with E-state index in [-0.39, 0.29) is 7.53 Å². The zero-order chi connectivity index (χ0) is 21.8. The van der Waals surface area contributed by atoms with Gasteiger partial charge in [0, 0.05) is 19.4 Å². The third-order valence-electron chi connectivity index (χ3n) is 5.55. The van der Waals surface area contributed by atoms with E-state index in [4.69, 9.17) is 14.7 Å². The lowest BCUT2D eigenvalue weighted by molar-refractivity contribution is 0.136. The number of aromatic nitrogens is 4. The molecule has 0 bridgehead atoms. The number of nitrogens with zero attached hydrogens (tertiary/aromatic N) is 4. The molecule has 0 aliphatic heterocycles. The van der Waals surface area contributed by atoms with Crippen LogP contribution in [0.5, 0.6) is 5.88 Å². The molecule has 0 spiro atoms. The highest BCUT2D eigenvalue weighted by Gasteiger charge is 2.24. The summed E-state index contributed by atoms with van der Waals surface area (Å²) in [6.07, 6.45) is 10.2. The van der Waals surface area contributed by atoms with Gasteiger partial charge in [-0.05, 0) is 75.8 Å². The molecule has 1 fully saturated rings. The van der Waals surface area contributed by atoms with Crippen molar-refractivity contribution in [3.05, 3.63) is 42.8 Å². The summed E-state index contributed by atoms with van der Waals surface area (Å²) in [5, 5.41) is 7.75. The zero-order valence-electron chi connectivity index (χ0n) is 18.4. The molecule has 1 aliphatic rings. The minimum Gasteiger partial charge on any atom is -0.473 e. The van der Waals surface area contributed by atoms with Crippen LogP contribution in [0.25, 0.3) is 16.7 Å². The topological polar surface area (TPSA) is 76.9 Å². The van der Waals surface area contributed by atoms with Crippen molar-refractivity contribution in [1.82, 2.24) is 24.2 Å². The molecule has 0 saturated heterocycles. The zero-order valence-corrected chi connectivity index (χ0v) is 19.2. The molecule has 0 unspecified atom stereocenters. The van der Waals surface area contributed by atoms with Gasteiger partial charge < -0.3 is 19.9 Å². The Morgan fingerprint density at radius 3 is 2.84 bits per heavy atom. The van der Waals surface area contributed by atoms with E-state index in [1.165, 1.54) is 11.5 Å². The van der Waals surface area contributed by atoms with Crippen LogP contribution < -0.4 is 15.4 Å². The molecule has 3 heterocycles. The minimum atomic E-state index is 0. The second-order valence-electron chi connectivity index (χ2n) is 7.92. The molecule has 0 atom stereocenters. The number of rotatable bonds is 8. The molecule has 3 aromatic rings. The van der Waals surface area contributed by atoms with Gasteiger partial charge in [-0.25, -0.2) is 4.98 Å².